The summed E-state index contributed by atoms with van der Waals surface area (Å²) in [5, 5.41) is 10.7. The highest BCUT2D eigenvalue weighted by Gasteiger charge is 2.10. The summed E-state index contributed by atoms with van der Waals surface area (Å²) in [7, 11) is 0. The molecule has 24 heavy (non-hydrogen) atoms. The number of non-ortho nitro benzene ring substituents is 1. The van der Waals surface area contributed by atoms with Gasteiger partial charge < -0.3 is 5.43 Å². The Kier molecular flexibility index (Phi) is 5.40. The van der Waals surface area contributed by atoms with Gasteiger partial charge in [0.15, 0.2) is 5.78 Å². The number of nitro groups is 1. The van der Waals surface area contributed by atoms with Crippen LogP contribution in [-0.4, -0.2) is 16.6 Å². The number of ketones is 1. The normalized spacial score (nSPS) is 10.8. The van der Waals surface area contributed by atoms with Crippen LogP contribution in [0.4, 0.5) is 5.69 Å². The van der Waals surface area contributed by atoms with Crippen molar-refractivity contribution in [3.05, 3.63) is 87.6 Å². The fourth-order valence-electron chi connectivity index (χ4n) is 1.91. The van der Waals surface area contributed by atoms with Crippen LogP contribution in [-0.2, 0) is 0 Å². The van der Waals surface area contributed by atoms with Crippen LogP contribution in [0.5, 0.6) is 0 Å². The monoisotopic (exact) mass is 325 g/mol. The van der Waals surface area contributed by atoms with Crippen LogP contribution in [0.25, 0.3) is 0 Å². The molecule has 1 amide bonds. The molecule has 0 unspecified atom stereocenters. The molecule has 0 aromatic heterocycles. The molecule has 7 nitrogen and oxygen atoms in total. The van der Waals surface area contributed by atoms with Gasteiger partial charge in [-0.1, -0.05) is 30.3 Å². The molecule has 0 aliphatic heterocycles. The van der Waals surface area contributed by atoms with Crippen molar-refractivity contribution in [1.82, 2.24) is 10.9 Å². The lowest BCUT2D eigenvalue weighted by Gasteiger charge is -2.08. The number of carbonyl (C=O) groups is 2. The second kappa shape index (κ2) is 7.68. The van der Waals surface area contributed by atoms with Crippen LogP contribution < -0.4 is 10.9 Å². The van der Waals surface area contributed by atoms with Crippen LogP contribution >= 0.6 is 0 Å². The molecule has 2 rings (SSSR count). The highest BCUT2D eigenvalue weighted by molar-refractivity contribution is 6.05. The van der Waals surface area contributed by atoms with Crippen molar-refractivity contribution in [2.45, 2.75) is 6.92 Å². The summed E-state index contributed by atoms with van der Waals surface area (Å²) in [5.74, 6) is -0.746. The number of nitrogens with one attached hydrogen (secondary N) is 2. The second-order valence-corrected chi connectivity index (χ2v) is 4.94. The number of hydrazine groups is 1. The molecule has 0 atom stereocenters. The molecular formula is C17H15N3O4. The van der Waals surface area contributed by atoms with Crippen LogP contribution in [0.1, 0.15) is 27.6 Å². The van der Waals surface area contributed by atoms with E-state index in [9.17, 15) is 19.7 Å². The predicted molar refractivity (Wildman–Crippen MR) is 88.2 cm³/mol. The minimum absolute atomic E-state index is 0.155. The van der Waals surface area contributed by atoms with Crippen LogP contribution in [0.3, 0.4) is 0 Å². The van der Waals surface area contributed by atoms with Gasteiger partial charge in [-0.15, -0.1) is 0 Å². The Morgan fingerprint density at radius 2 is 1.67 bits per heavy atom. The summed E-state index contributed by atoms with van der Waals surface area (Å²) in [6.45, 7) is 1.60. The average Bonchev–Trinajstić information content (AvgIpc) is 2.60. The number of nitrogens with zero attached hydrogens (tertiary/aromatic N) is 1. The number of amides is 1. The molecule has 2 aromatic rings. The molecule has 0 spiro atoms. The number of nitro benzene ring substituents is 1. The summed E-state index contributed by atoms with van der Waals surface area (Å²) in [5.41, 5.74) is 6.01. The third-order valence-electron chi connectivity index (χ3n) is 3.10. The summed E-state index contributed by atoms with van der Waals surface area (Å²) >= 11 is 0. The van der Waals surface area contributed by atoms with Gasteiger partial charge in [-0.25, -0.2) is 0 Å². The SMILES string of the molecule is CC(=CC(=O)c1cccc([N+](=O)[O-])c1)NNC(=O)c1ccccc1. The quantitative estimate of drug-likeness (QED) is 0.368. The topological polar surface area (TPSA) is 101 Å². The third kappa shape index (κ3) is 4.51. The second-order valence-electron chi connectivity index (χ2n) is 4.94. The van der Waals surface area contributed by atoms with E-state index in [0.29, 0.717) is 11.3 Å². The molecule has 0 aliphatic carbocycles. The number of allylic oxidation sites excluding steroid dienone is 2. The zero-order chi connectivity index (χ0) is 17.5. The highest BCUT2D eigenvalue weighted by Crippen LogP contribution is 2.14. The lowest BCUT2D eigenvalue weighted by atomic mass is 10.1. The predicted octanol–water partition coefficient (Wildman–Crippen LogP) is 2.62. The molecule has 7 heteroatoms. The van der Waals surface area contributed by atoms with Gasteiger partial charge in [0.25, 0.3) is 11.6 Å². The summed E-state index contributed by atoms with van der Waals surface area (Å²) < 4.78 is 0. The van der Waals surface area contributed by atoms with Crippen molar-refractivity contribution in [3.63, 3.8) is 0 Å². The van der Waals surface area contributed by atoms with E-state index in [0.717, 1.165) is 0 Å². The van der Waals surface area contributed by atoms with Crippen LogP contribution in [0.2, 0.25) is 0 Å². The van der Waals surface area contributed by atoms with Crippen LogP contribution in [0.15, 0.2) is 66.4 Å². The molecular weight excluding hydrogens is 310 g/mol. The number of benzene rings is 2. The number of hydrogen-bond donors (Lipinski definition) is 2. The lowest BCUT2D eigenvalue weighted by molar-refractivity contribution is -0.384. The summed E-state index contributed by atoms with van der Waals surface area (Å²) in [4.78, 5) is 34.1. The van der Waals surface area contributed by atoms with Gasteiger partial charge in [-0.05, 0) is 19.1 Å². The van der Waals surface area contributed by atoms with Crippen molar-refractivity contribution < 1.29 is 14.5 Å². The van der Waals surface area contributed by atoms with Crippen molar-refractivity contribution in [3.8, 4) is 0 Å². The maximum atomic E-state index is 12.1. The summed E-state index contributed by atoms with van der Waals surface area (Å²) in [6.07, 6.45) is 1.25. The maximum absolute atomic E-state index is 12.1. The molecule has 0 radical (unpaired) electrons. The molecule has 0 heterocycles. The number of carbonyl (C=O) groups excluding carboxylic acids is 2. The molecule has 0 saturated carbocycles. The fourth-order valence-corrected chi connectivity index (χ4v) is 1.91. The molecule has 2 aromatic carbocycles. The van der Waals surface area contributed by atoms with Crippen molar-refractivity contribution in [1.29, 1.82) is 0 Å². The van der Waals surface area contributed by atoms with E-state index >= 15 is 0 Å². The van der Waals surface area contributed by atoms with E-state index in [-0.39, 0.29) is 17.2 Å². The van der Waals surface area contributed by atoms with Crippen molar-refractivity contribution in [2.24, 2.45) is 0 Å². The van der Waals surface area contributed by atoms with E-state index in [1.807, 2.05) is 0 Å². The van der Waals surface area contributed by atoms with Crippen molar-refractivity contribution in [2.75, 3.05) is 0 Å². The zero-order valence-electron chi connectivity index (χ0n) is 12.9. The van der Waals surface area contributed by atoms with Gasteiger partial charge in [-0.2, -0.15) is 0 Å². The Hall–Kier alpha value is -3.48. The maximum Gasteiger partial charge on any atom is 0.270 e. The highest BCUT2D eigenvalue weighted by atomic mass is 16.6. The van der Waals surface area contributed by atoms with Gasteiger partial charge in [-0.3, -0.25) is 25.1 Å². The first-order valence-electron chi connectivity index (χ1n) is 7.06. The lowest BCUT2D eigenvalue weighted by Crippen LogP contribution is -2.36. The summed E-state index contributed by atoms with van der Waals surface area (Å²) in [6, 6.07) is 14.0. The van der Waals surface area contributed by atoms with Gasteiger partial charge >= 0.3 is 0 Å². The standard InChI is InChI=1S/C17H15N3O4/c1-12(18-19-17(22)13-6-3-2-4-7-13)10-16(21)14-8-5-9-15(11-14)20(23)24/h2-11,18H,1H3,(H,19,22). The third-order valence-corrected chi connectivity index (χ3v) is 3.10. The first kappa shape index (κ1) is 16.9. The Bertz CT molecular complexity index is 800. The molecule has 0 bridgehead atoms. The van der Waals surface area contributed by atoms with Gasteiger partial charge in [0, 0.05) is 35.0 Å². The van der Waals surface area contributed by atoms with Gasteiger partial charge in [0.1, 0.15) is 0 Å². The first-order chi connectivity index (χ1) is 11.5. The van der Waals surface area contributed by atoms with Crippen molar-refractivity contribution >= 4 is 17.4 Å². The zero-order valence-corrected chi connectivity index (χ0v) is 12.9. The largest absolute Gasteiger partial charge is 0.303 e. The molecule has 0 aliphatic rings. The van der Waals surface area contributed by atoms with Gasteiger partial charge in [0.05, 0.1) is 4.92 Å². The van der Waals surface area contributed by atoms with E-state index in [1.165, 1.54) is 30.3 Å². The van der Waals surface area contributed by atoms with E-state index in [1.54, 1.807) is 37.3 Å². The Balaban J connectivity index is 2.00. The minimum Gasteiger partial charge on any atom is -0.303 e. The van der Waals surface area contributed by atoms with E-state index in [4.69, 9.17) is 0 Å². The Morgan fingerprint density at radius 1 is 1.00 bits per heavy atom. The molecule has 0 fully saturated rings. The van der Waals surface area contributed by atoms with E-state index < -0.39 is 10.7 Å². The number of hydrogen-bond acceptors (Lipinski definition) is 5. The fraction of sp³-hybridized carbons (Fsp3) is 0.0588. The molecule has 122 valence electrons. The Labute approximate surface area is 138 Å². The Morgan fingerprint density at radius 3 is 2.33 bits per heavy atom. The molecule has 2 N–H and O–H groups in total. The van der Waals surface area contributed by atoms with Crippen LogP contribution in [0, 0.1) is 10.1 Å². The average molecular weight is 325 g/mol. The van der Waals surface area contributed by atoms with Gasteiger partial charge in [0.2, 0.25) is 0 Å². The minimum atomic E-state index is -0.564. The van der Waals surface area contributed by atoms with E-state index in [2.05, 4.69) is 10.9 Å². The molecule has 0 saturated heterocycles. The smallest absolute Gasteiger partial charge is 0.270 e. The first-order valence-corrected chi connectivity index (χ1v) is 7.06. The number of rotatable bonds is 6.